The van der Waals surface area contributed by atoms with Gasteiger partial charge in [0.1, 0.15) is 5.82 Å². The molecule has 3 aromatic carbocycles. The number of nitrogens with zero attached hydrogens (tertiary/aromatic N) is 2. The normalized spacial score (nSPS) is 10.8. The van der Waals surface area contributed by atoms with Crippen molar-refractivity contribution in [2.24, 2.45) is 5.73 Å². The number of hydrogen-bond donors (Lipinski definition) is 3. The molecule has 0 atom stereocenters. The van der Waals surface area contributed by atoms with Crippen molar-refractivity contribution in [2.45, 2.75) is 13.3 Å². The number of nitrogens with two attached hydrogens (primary N) is 1. The van der Waals surface area contributed by atoms with Crippen LogP contribution >= 0.6 is 34.8 Å². The van der Waals surface area contributed by atoms with Crippen LogP contribution in [0.25, 0.3) is 16.9 Å². The standard InChI is InChI=1S/C27H21Cl3FN5O3/c1-14-24(27(39)34-18-7-8-21(31)19(13-18)26(38)33-11-10-23(32)37)35-36(22-9-6-17(29)12-20(22)30)25(14)15-2-4-16(28)5-3-15/h2-9,12-13H,10-11H2,1H3,(H2,32,37)(H,33,38)(H,34,39). The number of rotatable bonds is 8. The van der Waals surface area contributed by atoms with Crippen molar-refractivity contribution in [1.82, 2.24) is 15.1 Å². The van der Waals surface area contributed by atoms with Gasteiger partial charge in [-0.3, -0.25) is 14.4 Å². The van der Waals surface area contributed by atoms with Gasteiger partial charge in [0.15, 0.2) is 5.69 Å². The summed E-state index contributed by atoms with van der Waals surface area (Å²) < 4.78 is 15.9. The van der Waals surface area contributed by atoms with Gasteiger partial charge in [-0.25, -0.2) is 9.07 Å². The van der Waals surface area contributed by atoms with Gasteiger partial charge in [-0.15, -0.1) is 0 Å². The Morgan fingerprint density at radius 2 is 1.64 bits per heavy atom. The van der Waals surface area contributed by atoms with Gasteiger partial charge in [-0.2, -0.15) is 5.10 Å². The van der Waals surface area contributed by atoms with Crippen LogP contribution in [-0.2, 0) is 4.79 Å². The van der Waals surface area contributed by atoms with Crippen LogP contribution in [0.2, 0.25) is 15.1 Å². The highest BCUT2D eigenvalue weighted by Crippen LogP contribution is 2.33. The molecule has 0 bridgehead atoms. The number of hydrogen-bond acceptors (Lipinski definition) is 4. The zero-order chi connectivity index (χ0) is 28.3. The summed E-state index contributed by atoms with van der Waals surface area (Å²) in [7, 11) is 0. The Balaban J connectivity index is 1.70. The summed E-state index contributed by atoms with van der Waals surface area (Å²) in [6.07, 6.45) is -0.0979. The first-order chi connectivity index (χ1) is 18.5. The molecule has 3 amide bonds. The van der Waals surface area contributed by atoms with Crippen molar-refractivity contribution in [2.75, 3.05) is 11.9 Å². The number of carbonyl (C=O) groups excluding carboxylic acids is 3. The smallest absolute Gasteiger partial charge is 0.276 e. The topological polar surface area (TPSA) is 119 Å². The van der Waals surface area contributed by atoms with E-state index in [4.69, 9.17) is 40.5 Å². The second-order valence-electron chi connectivity index (χ2n) is 8.46. The number of nitrogens with one attached hydrogen (secondary N) is 2. The fourth-order valence-electron chi connectivity index (χ4n) is 3.85. The van der Waals surface area contributed by atoms with Crippen LogP contribution in [0.15, 0.2) is 60.7 Å². The van der Waals surface area contributed by atoms with Crippen molar-refractivity contribution in [3.8, 4) is 16.9 Å². The lowest BCUT2D eigenvalue weighted by atomic mass is 10.1. The summed E-state index contributed by atoms with van der Waals surface area (Å²) in [5, 5.41) is 10.9. The minimum atomic E-state index is -0.799. The van der Waals surface area contributed by atoms with E-state index in [1.807, 2.05) is 0 Å². The van der Waals surface area contributed by atoms with Gasteiger partial charge >= 0.3 is 0 Å². The molecule has 39 heavy (non-hydrogen) atoms. The molecule has 1 aromatic heterocycles. The van der Waals surface area contributed by atoms with Gasteiger partial charge in [0.05, 0.1) is 22.0 Å². The molecule has 0 saturated heterocycles. The summed E-state index contributed by atoms with van der Waals surface area (Å²) in [4.78, 5) is 36.6. The fourth-order valence-corrected chi connectivity index (χ4v) is 4.46. The van der Waals surface area contributed by atoms with Crippen molar-refractivity contribution in [3.05, 3.63) is 98.4 Å². The van der Waals surface area contributed by atoms with Crippen LogP contribution in [-0.4, -0.2) is 34.0 Å². The molecule has 0 unspecified atom stereocenters. The molecule has 4 aromatic rings. The summed E-state index contributed by atoms with van der Waals surface area (Å²) in [6, 6.07) is 15.5. The van der Waals surface area contributed by atoms with E-state index in [1.54, 1.807) is 49.4 Å². The van der Waals surface area contributed by atoms with Gasteiger partial charge < -0.3 is 16.4 Å². The molecule has 4 N–H and O–H groups in total. The molecular formula is C27H21Cl3FN5O3. The molecule has 8 nitrogen and oxygen atoms in total. The van der Waals surface area contributed by atoms with Crippen LogP contribution in [0.5, 0.6) is 0 Å². The third kappa shape index (κ3) is 6.39. The zero-order valence-electron chi connectivity index (χ0n) is 20.4. The molecule has 0 aliphatic heterocycles. The third-order valence-corrected chi connectivity index (χ3v) is 6.51. The molecule has 1 heterocycles. The summed E-state index contributed by atoms with van der Waals surface area (Å²) in [5.74, 6) is -2.76. The van der Waals surface area contributed by atoms with E-state index in [2.05, 4.69) is 15.7 Å². The van der Waals surface area contributed by atoms with Crippen molar-refractivity contribution in [3.63, 3.8) is 0 Å². The van der Waals surface area contributed by atoms with Crippen molar-refractivity contribution in [1.29, 1.82) is 0 Å². The SMILES string of the molecule is Cc1c(C(=O)Nc2ccc(F)c(C(=O)NCCC(N)=O)c2)nn(-c2ccc(Cl)cc2Cl)c1-c1ccc(Cl)cc1. The monoisotopic (exact) mass is 587 g/mol. The first-order valence-electron chi connectivity index (χ1n) is 11.5. The van der Waals surface area contributed by atoms with Crippen LogP contribution in [0.4, 0.5) is 10.1 Å². The average molecular weight is 589 g/mol. The van der Waals surface area contributed by atoms with Crippen LogP contribution in [0.1, 0.15) is 32.8 Å². The number of amides is 3. The van der Waals surface area contributed by atoms with Gasteiger partial charge in [0.25, 0.3) is 11.8 Å². The Labute approximate surface area is 237 Å². The summed E-state index contributed by atoms with van der Waals surface area (Å²) >= 11 is 18.6. The number of halogens is 4. The van der Waals surface area contributed by atoms with Gasteiger partial charge in [-0.05, 0) is 55.5 Å². The maximum atomic E-state index is 14.3. The maximum absolute atomic E-state index is 14.3. The van der Waals surface area contributed by atoms with E-state index < -0.39 is 23.5 Å². The Bertz CT molecular complexity index is 1590. The Morgan fingerprint density at radius 3 is 2.31 bits per heavy atom. The number of carbonyl (C=O) groups is 3. The minimum absolute atomic E-state index is 0.0540. The third-order valence-electron chi connectivity index (χ3n) is 5.72. The quantitative estimate of drug-likeness (QED) is 0.241. The Morgan fingerprint density at radius 1 is 0.949 bits per heavy atom. The summed E-state index contributed by atoms with van der Waals surface area (Å²) in [5.41, 5.74) is 7.33. The molecule has 0 spiro atoms. The molecule has 12 heteroatoms. The Kier molecular flexibility index (Phi) is 8.54. The highest BCUT2D eigenvalue weighted by molar-refractivity contribution is 6.35. The van der Waals surface area contributed by atoms with Crippen molar-refractivity contribution >= 4 is 58.2 Å². The lowest BCUT2D eigenvalue weighted by molar-refractivity contribution is -0.117. The lowest BCUT2D eigenvalue weighted by Gasteiger charge is -2.11. The predicted molar refractivity (Wildman–Crippen MR) is 149 cm³/mol. The van der Waals surface area contributed by atoms with Gasteiger partial charge in [0.2, 0.25) is 5.91 Å². The molecule has 0 saturated carbocycles. The first kappa shape index (κ1) is 28.1. The highest BCUT2D eigenvalue weighted by atomic mass is 35.5. The van der Waals surface area contributed by atoms with Crippen LogP contribution in [0.3, 0.4) is 0 Å². The molecular weight excluding hydrogens is 568 g/mol. The lowest BCUT2D eigenvalue weighted by Crippen LogP contribution is -2.28. The average Bonchev–Trinajstić information content (AvgIpc) is 3.22. The van der Waals surface area contributed by atoms with Crippen LogP contribution in [0, 0.1) is 12.7 Å². The van der Waals surface area contributed by atoms with E-state index in [0.717, 1.165) is 11.6 Å². The second-order valence-corrected chi connectivity index (χ2v) is 9.74. The number of aromatic nitrogens is 2. The fraction of sp³-hybridized carbons (Fsp3) is 0.111. The minimum Gasteiger partial charge on any atom is -0.370 e. The second kappa shape index (κ2) is 11.9. The largest absolute Gasteiger partial charge is 0.370 e. The number of primary amides is 1. The molecule has 0 aliphatic rings. The molecule has 200 valence electrons. The van der Waals surface area contributed by atoms with Crippen LogP contribution < -0.4 is 16.4 Å². The first-order valence-corrected chi connectivity index (χ1v) is 12.7. The highest BCUT2D eigenvalue weighted by Gasteiger charge is 2.24. The van der Waals surface area contributed by atoms with Gasteiger partial charge in [0, 0.05) is 39.8 Å². The van der Waals surface area contributed by atoms with E-state index >= 15 is 0 Å². The van der Waals surface area contributed by atoms with Gasteiger partial charge in [-0.1, -0.05) is 46.9 Å². The van der Waals surface area contributed by atoms with E-state index in [0.29, 0.717) is 32.0 Å². The zero-order valence-corrected chi connectivity index (χ0v) is 22.7. The van der Waals surface area contributed by atoms with Crippen molar-refractivity contribution < 1.29 is 18.8 Å². The molecule has 0 aliphatic carbocycles. The Hall–Kier alpha value is -3.92. The number of benzene rings is 3. The summed E-state index contributed by atoms with van der Waals surface area (Å²) in [6.45, 7) is 1.68. The molecule has 0 fully saturated rings. The van der Waals surface area contributed by atoms with E-state index in [-0.39, 0.29) is 29.9 Å². The van der Waals surface area contributed by atoms with E-state index in [1.165, 1.54) is 16.8 Å². The number of anilines is 1. The predicted octanol–water partition coefficient (Wildman–Crippen LogP) is 5.80. The molecule has 4 rings (SSSR count). The van der Waals surface area contributed by atoms with E-state index in [9.17, 15) is 18.8 Å². The molecule has 0 radical (unpaired) electrons. The maximum Gasteiger partial charge on any atom is 0.276 e.